The number of likely N-dealkylation sites (N-methyl/N-ethyl adjacent to an activating group) is 1. The summed E-state index contributed by atoms with van der Waals surface area (Å²) in [6, 6.07) is 4.45. The monoisotopic (exact) mass is 382 g/mol. The van der Waals surface area contributed by atoms with Crippen molar-refractivity contribution in [2.45, 2.75) is 57.5 Å². The van der Waals surface area contributed by atoms with Crippen LogP contribution >= 0.6 is 0 Å². The normalized spacial score (nSPS) is 18.2. The molecule has 0 unspecified atom stereocenters. The number of nitrogens with zero attached hydrogens (tertiary/aromatic N) is 8. The number of fused-ring (bicyclic) bond motifs is 1. The van der Waals surface area contributed by atoms with Crippen molar-refractivity contribution < 1.29 is 4.42 Å². The zero-order valence-electron chi connectivity index (χ0n) is 16.8. The van der Waals surface area contributed by atoms with Gasteiger partial charge < -0.3 is 9.32 Å². The molecule has 0 atom stereocenters. The molecule has 0 bridgehead atoms. The molecule has 5 rings (SSSR count). The molecule has 0 aromatic carbocycles. The summed E-state index contributed by atoms with van der Waals surface area (Å²) in [5.74, 6) is 3.85. The number of hydrogen-bond donors (Lipinski definition) is 0. The Balaban J connectivity index is 1.24. The third kappa shape index (κ3) is 3.13. The van der Waals surface area contributed by atoms with E-state index < -0.39 is 0 Å². The average molecular weight is 382 g/mol. The van der Waals surface area contributed by atoms with Crippen molar-refractivity contribution in [2.75, 3.05) is 25.0 Å². The van der Waals surface area contributed by atoms with Crippen molar-refractivity contribution in [2.24, 2.45) is 0 Å². The van der Waals surface area contributed by atoms with Gasteiger partial charge in [0.25, 0.3) is 0 Å². The van der Waals surface area contributed by atoms with Crippen LogP contribution in [0, 0.1) is 0 Å². The van der Waals surface area contributed by atoms with Gasteiger partial charge in [0.05, 0.1) is 6.54 Å². The van der Waals surface area contributed by atoms with Gasteiger partial charge in [0.15, 0.2) is 11.5 Å². The molecule has 3 aromatic rings. The highest BCUT2D eigenvalue weighted by Gasteiger charge is 2.33. The molecule has 4 heterocycles. The van der Waals surface area contributed by atoms with Crippen LogP contribution in [0.3, 0.4) is 0 Å². The molecule has 28 heavy (non-hydrogen) atoms. The van der Waals surface area contributed by atoms with Crippen molar-refractivity contribution in [1.29, 1.82) is 0 Å². The topological polar surface area (TPSA) is 88.5 Å². The van der Waals surface area contributed by atoms with E-state index in [0.29, 0.717) is 24.4 Å². The Hall–Kier alpha value is -2.55. The van der Waals surface area contributed by atoms with E-state index in [-0.39, 0.29) is 5.41 Å². The number of aromatic nitrogens is 6. The predicted octanol–water partition coefficient (Wildman–Crippen LogP) is 2.00. The Morgan fingerprint density at radius 1 is 1.11 bits per heavy atom. The van der Waals surface area contributed by atoms with Gasteiger partial charge in [-0.2, -0.15) is 4.52 Å². The molecule has 1 saturated carbocycles. The summed E-state index contributed by atoms with van der Waals surface area (Å²) < 4.78 is 7.65. The first-order chi connectivity index (χ1) is 13.4. The highest BCUT2D eigenvalue weighted by Crippen LogP contribution is 2.39. The molecular formula is C19H26N8O. The van der Waals surface area contributed by atoms with Crippen LogP contribution in [0.2, 0.25) is 0 Å². The van der Waals surface area contributed by atoms with Crippen molar-refractivity contribution in [3.63, 3.8) is 0 Å². The van der Waals surface area contributed by atoms with Gasteiger partial charge in [0, 0.05) is 30.5 Å². The molecule has 3 aromatic heterocycles. The second-order valence-electron chi connectivity index (χ2n) is 9.02. The van der Waals surface area contributed by atoms with Crippen molar-refractivity contribution in [1.82, 2.24) is 34.9 Å². The molecular weight excluding hydrogens is 356 g/mol. The highest BCUT2D eigenvalue weighted by atomic mass is 16.4. The van der Waals surface area contributed by atoms with E-state index in [9.17, 15) is 0 Å². The lowest BCUT2D eigenvalue weighted by Gasteiger charge is -2.44. The second-order valence-corrected chi connectivity index (χ2v) is 9.02. The van der Waals surface area contributed by atoms with Crippen molar-refractivity contribution in [3.05, 3.63) is 29.7 Å². The van der Waals surface area contributed by atoms with E-state index in [2.05, 4.69) is 58.0 Å². The summed E-state index contributed by atoms with van der Waals surface area (Å²) in [4.78, 5) is 4.55. The molecule has 9 nitrogen and oxygen atoms in total. The first-order valence-corrected chi connectivity index (χ1v) is 9.89. The average Bonchev–Trinajstić information content (AvgIpc) is 3.18. The van der Waals surface area contributed by atoms with Gasteiger partial charge >= 0.3 is 0 Å². The van der Waals surface area contributed by atoms with Crippen LogP contribution in [-0.4, -0.2) is 61.1 Å². The maximum absolute atomic E-state index is 5.79. The molecule has 1 aliphatic heterocycles. The molecule has 0 spiro atoms. The minimum atomic E-state index is -0.105. The van der Waals surface area contributed by atoms with E-state index in [1.54, 1.807) is 0 Å². The van der Waals surface area contributed by atoms with Gasteiger partial charge in [-0.3, -0.25) is 4.90 Å². The summed E-state index contributed by atoms with van der Waals surface area (Å²) in [5.41, 5.74) is 0.678. The lowest BCUT2D eigenvalue weighted by Crippen LogP contribution is -2.58. The Morgan fingerprint density at radius 2 is 1.89 bits per heavy atom. The van der Waals surface area contributed by atoms with Crippen LogP contribution < -0.4 is 4.90 Å². The Morgan fingerprint density at radius 3 is 2.61 bits per heavy atom. The third-order valence-electron chi connectivity index (χ3n) is 5.52. The van der Waals surface area contributed by atoms with Crippen molar-refractivity contribution in [3.8, 4) is 0 Å². The second kappa shape index (κ2) is 6.23. The molecule has 0 radical (unpaired) electrons. The van der Waals surface area contributed by atoms with Gasteiger partial charge in [0.1, 0.15) is 5.82 Å². The Bertz CT molecular complexity index is 993. The lowest BCUT2D eigenvalue weighted by atomic mass is 9.96. The maximum Gasteiger partial charge on any atom is 0.230 e. The summed E-state index contributed by atoms with van der Waals surface area (Å²) >= 11 is 0. The summed E-state index contributed by atoms with van der Waals surface area (Å²) in [7, 11) is 2.11. The van der Waals surface area contributed by atoms with E-state index in [1.807, 2.05) is 16.6 Å². The molecule has 148 valence electrons. The largest absolute Gasteiger partial charge is 0.424 e. The van der Waals surface area contributed by atoms with Gasteiger partial charge in [-0.1, -0.05) is 20.8 Å². The van der Waals surface area contributed by atoms with Crippen LogP contribution in [0.15, 0.2) is 16.5 Å². The molecule has 1 aliphatic carbocycles. The fourth-order valence-corrected chi connectivity index (χ4v) is 3.50. The quantitative estimate of drug-likeness (QED) is 0.662. The Labute approximate surface area is 163 Å². The van der Waals surface area contributed by atoms with Crippen molar-refractivity contribution >= 4 is 11.5 Å². The summed E-state index contributed by atoms with van der Waals surface area (Å²) in [5, 5.41) is 21.7. The molecule has 2 fully saturated rings. The molecule has 0 N–H and O–H groups in total. The van der Waals surface area contributed by atoms with Gasteiger partial charge in [0.2, 0.25) is 11.8 Å². The van der Waals surface area contributed by atoms with Gasteiger partial charge in [-0.05, 0) is 32.0 Å². The zero-order valence-corrected chi connectivity index (χ0v) is 16.8. The maximum atomic E-state index is 5.79. The standard InChI is InChI=1S/C19H26N8O/c1-19(2,3)18-23-20-14-7-8-15(24-27(14)18)26-9-13(10-26)25(4)11-16-21-22-17(28-16)12-5-6-12/h7-8,12-13H,5-6,9-11H2,1-4H3. The zero-order chi connectivity index (χ0) is 19.5. The fraction of sp³-hybridized carbons (Fsp3) is 0.632. The smallest absolute Gasteiger partial charge is 0.230 e. The number of rotatable bonds is 5. The van der Waals surface area contributed by atoms with Crippen LogP contribution in [0.1, 0.15) is 57.1 Å². The van der Waals surface area contributed by atoms with Crippen LogP contribution in [0.25, 0.3) is 5.65 Å². The van der Waals surface area contributed by atoms with E-state index in [0.717, 1.165) is 36.3 Å². The molecule has 2 aliphatic rings. The SMILES string of the molecule is CN(Cc1nnc(C2CC2)o1)C1CN(c2ccc3nnc(C(C)(C)C)n3n2)C1. The minimum Gasteiger partial charge on any atom is -0.424 e. The van der Waals surface area contributed by atoms with Gasteiger partial charge in [-0.25, -0.2) is 0 Å². The fourth-order valence-electron chi connectivity index (χ4n) is 3.50. The number of anilines is 1. The van der Waals surface area contributed by atoms with Crippen LogP contribution in [-0.2, 0) is 12.0 Å². The van der Waals surface area contributed by atoms with Crippen LogP contribution in [0.4, 0.5) is 5.82 Å². The van der Waals surface area contributed by atoms with Gasteiger partial charge in [-0.15, -0.1) is 25.5 Å². The van der Waals surface area contributed by atoms with E-state index in [4.69, 9.17) is 9.52 Å². The van der Waals surface area contributed by atoms with E-state index in [1.165, 1.54) is 12.8 Å². The molecule has 0 amide bonds. The summed E-state index contributed by atoms with van der Waals surface area (Å²) in [6.07, 6.45) is 2.35. The number of hydrogen-bond acceptors (Lipinski definition) is 8. The predicted molar refractivity (Wildman–Crippen MR) is 103 cm³/mol. The van der Waals surface area contributed by atoms with E-state index >= 15 is 0 Å². The first-order valence-electron chi connectivity index (χ1n) is 9.89. The lowest BCUT2D eigenvalue weighted by molar-refractivity contribution is 0.179. The molecule has 9 heteroatoms. The molecule has 1 saturated heterocycles. The first kappa shape index (κ1) is 17.5. The Kier molecular flexibility index (Phi) is 3.90. The minimum absolute atomic E-state index is 0.105. The highest BCUT2D eigenvalue weighted by molar-refractivity contribution is 5.48. The third-order valence-corrected chi connectivity index (χ3v) is 5.52. The summed E-state index contributed by atoms with van der Waals surface area (Å²) in [6.45, 7) is 8.90. The van der Waals surface area contributed by atoms with Crippen LogP contribution in [0.5, 0.6) is 0 Å².